The quantitative estimate of drug-likeness (QED) is 0.502. The molecule has 0 bridgehead atoms. The van der Waals surface area contributed by atoms with Crippen LogP contribution in [0.4, 0.5) is 0 Å². The third-order valence-corrected chi connectivity index (χ3v) is 2.03. The molecule has 0 saturated heterocycles. The van der Waals surface area contributed by atoms with E-state index in [1.807, 2.05) is 33.8 Å². The van der Waals surface area contributed by atoms with Crippen molar-refractivity contribution in [3.05, 3.63) is 48.6 Å². The zero-order chi connectivity index (χ0) is 12.1. The summed E-state index contributed by atoms with van der Waals surface area (Å²) in [5, 5.41) is 0. The molecule has 0 fully saturated rings. The number of rotatable bonds is 4. The average molecular weight is 204 g/mol. The van der Waals surface area contributed by atoms with Crippen LogP contribution in [0.1, 0.15) is 27.7 Å². The third kappa shape index (κ3) is 5.16. The summed E-state index contributed by atoms with van der Waals surface area (Å²) in [6.45, 7) is 15.1. The first-order valence-electron chi connectivity index (χ1n) is 5.00. The molecule has 0 N–H and O–H groups in total. The van der Waals surface area contributed by atoms with Crippen molar-refractivity contribution < 1.29 is 4.79 Å². The molecule has 0 amide bonds. The van der Waals surface area contributed by atoms with Gasteiger partial charge in [-0.05, 0) is 24.1 Å². The molecule has 0 aliphatic heterocycles. The van der Waals surface area contributed by atoms with E-state index in [9.17, 15) is 4.79 Å². The fourth-order valence-electron chi connectivity index (χ4n) is 0.821. The van der Waals surface area contributed by atoms with Gasteiger partial charge in [-0.25, -0.2) is 0 Å². The number of ketones is 1. The highest BCUT2D eigenvalue weighted by Crippen LogP contribution is 2.18. The molecule has 0 atom stereocenters. The molecule has 0 aliphatic carbocycles. The van der Waals surface area contributed by atoms with Crippen LogP contribution < -0.4 is 0 Å². The Bertz CT molecular complexity index is 322. The molecule has 15 heavy (non-hydrogen) atoms. The topological polar surface area (TPSA) is 17.1 Å². The number of carbonyl (C=O) groups is 1. The van der Waals surface area contributed by atoms with Crippen LogP contribution in [0.15, 0.2) is 48.6 Å². The Balaban J connectivity index is 4.71. The molecule has 82 valence electrons. The first-order valence-corrected chi connectivity index (χ1v) is 5.00. The molecule has 0 spiro atoms. The number of hydrogen-bond donors (Lipinski definition) is 0. The van der Waals surface area contributed by atoms with E-state index in [0.717, 1.165) is 11.1 Å². The van der Waals surface area contributed by atoms with Crippen LogP contribution in [-0.2, 0) is 4.79 Å². The van der Waals surface area contributed by atoms with E-state index in [0.29, 0.717) is 0 Å². The van der Waals surface area contributed by atoms with Crippen molar-refractivity contribution in [3.63, 3.8) is 0 Å². The Hall–Kier alpha value is -1.37. The fraction of sp³-hybridized carbons (Fsp3) is 0.357. The van der Waals surface area contributed by atoms with Gasteiger partial charge in [-0.2, -0.15) is 0 Å². The predicted octanol–water partition coefficient (Wildman–Crippen LogP) is 3.85. The van der Waals surface area contributed by atoms with Crippen LogP contribution in [-0.4, -0.2) is 5.78 Å². The second-order valence-electron chi connectivity index (χ2n) is 4.56. The molecule has 1 nitrogen and oxygen atoms in total. The summed E-state index contributed by atoms with van der Waals surface area (Å²) in [6, 6.07) is 0. The minimum Gasteiger partial charge on any atom is -0.294 e. The van der Waals surface area contributed by atoms with Crippen molar-refractivity contribution in [2.45, 2.75) is 27.7 Å². The number of hydrogen-bond acceptors (Lipinski definition) is 1. The van der Waals surface area contributed by atoms with E-state index in [-0.39, 0.29) is 11.2 Å². The summed E-state index contributed by atoms with van der Waals surface area (Å²) in [4.78, 5) is 11.7. The minimum atomic E-state index is -0.330. The van der Waals surface area contributed by atoms with Crippen molar-refractivity contribution in [2.24, 2.45) is 5.41 Å². The van der Waals surface area contributed by atoms with Crippen LogP contribution in [0, 0.1) is 5.41 Å². The van der Waals surface area contributed by atoms with Gasteiger partial charge in [0.2, 0.25) is 0 Å². The normalized spacial score (nSPS) is 12.9. The maximum Gasteiger partial charge on any atom is 0.161 e. The second-order valence-corrected chi connectivity index (χ2v) is 4.56. The van der Waals surface area contributed by atoms with E-state index in [4.69, 9.17) is 0 Å². The molecule has 0 aromatic heterocycles. The van der Waals surface area contributed by atoms with Crippen LogP contribution in [0.3, 0.4) is 0 Å². The van der Waals surface area contributed by atoms with Gasteiger partial charge in [-0.3, -0.25) is 4.79 Å². The molecule has 0 rings (SSSR count). The van der Waals surface area contributed by atoms with E-state index in [2.05, 4.69) is 13.2 Å². The summed E-state index contributed by atoms with van der Waals surface area (Å²) in [6.07, 6.45) is 6.98. The van der Waals surface area contributed by atoms with E-state index < -0.39 is 0 Å². The average Bonchev–Trinajstić information content (AvgIpc) is 2.12. The highest BCUT2D eigenvalue weighted by molar-refractivity contribution is 5.95. The molecule has 0 radical (unpaired) electrons. The highest BCUT2D eigenvalue weighted by Gasteiger charge is 2.18. The zero-order valence-corrected chi connectivity index (χ0v) is 10.1. The molecule has 0 aliphatic rings. The summed E-state index contributed by atoms with van der Waals surface area (Å²) in [7, 11) is 0. The van der Waals surface area contributed by atoms with Crippen molar-refractivity contribution in [2.75, 3.05) is 0 Å². The largest absolute Gasteiger partial charge is 0.294 e. The summed E-state index contributed by atoms with van der Waals surface area (Å²) in [5.41, 5.74) is 1.41. The Kier molecular flexibility index (Phi) is 4.99. The van der Waals surface area contributed by atoms with Crippen LogP contribution in [0.2, 0.25) is 0 Å². The SMILES string of the molecule is C=C/C=C\C(=C)/C(C)=C/C(=O)C(C)(C)C. The molecule has 0 heterocycles. The van der Waals surface area contributed by atoms with Crippen LogP contribution in [0.25, 0.3) is 0 Å². The van der Waals surface area contributed by atoms with Gasteiger partial charge in [-0.1, -0.05) is 52.2 Å². The summed E-state index contributed by atoms with van der Waals surface area (Å²) >= 11 is 0. The lowest BCUT2D eigenvalue weighted by Gasteiger charge is -2.14. The molecule has 0 aromatic rings. The zero-order valence-electron chi connectivity index (χ0n) is 10.1. The molecule has 0 unspecified atom stereocenters. The standard InChI is InChI=1S/C14H20O/c1-7-8-9-11(2)12(3)10-13(15)14(4,5)6/h7-10H,1-2H2,3-6H3/b9-8-,12-10+. The van der Waals surface area contributed by atoms with Crippen LogP contribution in [0.5, 0.6) is 0 Å². The first kappa shape index (κ1) is 13.6. The van der Waals surface area contributed by atoms with Crippen molar-refractivity contribution in [1.29, 1.82) is 0 Å². The van der Waals surface area contributed by atoms with E-state index >= 15 is 0 Å². The minimum absolute atomic E-state index is 0.119. The van der Waals surface area contributed by atoms with E-state index in [1.165, 1.54) is 0 Å². The molecule has 0 aromatic carbocycles. The second kappa shape index (κ2) is 5.50. The van der Waals surface area contributed by atoms with Crippen molar-refractivity contribution in [1.82, 2.24) is 0 Å². The predicted molar refractivity (Wildman–Crippen MR) is 66.7 cm³/mol. The lowest BCUT2D eigenvalue weighted by Crippen LogP contribution is -2.17. The van der Waals surface area contributed by atoms with Gasteiger partial charge < -0.3 is 0 Å². The van der Waals surface area contributed by atoms with Gasteiger partial charge in [0.25, 0.3) is 0 Å². The Morgan fingerprint density at radius 3 is 2.20 bits per heavy atom. The van der Waals surface area contributed by atoms with Gasteiger partial charge in [0.05, 0.1) is 0 Å². The number of allylic oxidation sites excluding steroid dienone is 6. The van der Waals surface area contributed by atoms with E-state index in [1.54, 1.807) is 18.2 Å². The summed E-state index contributed by atoms with van der Waals surface area (Å²) < 4.78 is 0. The van der Waals surface area contributed by atoms with Crippen molar-refractivity contribution in [3.8, 4) is 0 Å². The maximum absolute atomic E-state index is 11.7. The third-order valence-electron chi connectivity index (χ3n) is 2.03. The van der Waals surface area contributed by atoms with Gasteiger partial charge in [0.15, 0.2) is 5.78 Å². The Labute approximate surface area is 92.9 Å². The van der Waals surface area contributed by atoms with Crippen molar-refractivity contribution >= 4 is 5.78 Å². The molecular formula is C14H20O. The molecule has 0 saturated carbocycles. The molecule has 1 heteroatoms. The lowest BCUT2D eigenvalue weighted by molar-refractivity contribution is -0.121. The fourth-order valence-corrected chi connectivity index (χ4v) is 0.821. The Morgan fingerprint density at radius 1 is 1.27 bits per heavy atom. The van der Waals surface area contributed by atoms with Gasteiger partial charge in [0.1, 0.15) is 0 Å². The van der Waals surface area contributed by atoms with Gasteiger partial charge in [0, 0.05) is 5.41 Å². The maximum atomic E-state index is 11.7. The van der Waals surface area contributed by atoms with Gasteiger partial charge in [-0.15, -0.1) is 0 Å². The molecular weight excluding hydrogens is 184 g/mol. The monoisotopic (exact) mass is 204 g/mol. The summed E-state index contributed by atoms with van der Waals surface area (Å²) in [5.74, 6) is 0.119. The Morgan fingerprint density at radius 2 is 1.80 bits per heavy atom. The van der Waals surface area contributed by atoms with Gasteiger partial charge >= 0.3 is 0 Å². The lowest BCUT2D eigenvalue weighted by atomic mass is 9.89. The van der Waals surface area contributed by atoms with Crippen LogP contribution >= 0.6 is 0 Å². The number of carbonyl (C=O) groups excluding carboxylic acids is 1. The highest BCUT2D eigenvalue weighted by atomic mass is 16.1. The first-order chi connectivity index (χ1) is 6.79. The smallest absolute Gasteiger partial charge is 0.161 e.